The second kappa shape index (κ2) is 16.2. The number of fused-ring (bicyclic) bond motifs is 13. The number of hydrogen-bond acceptors (Lipinski definition) is 3. The van der Waals surface area contributed by atoms with Crippen LogP contribution in [0.25, 0.3) is 43.8 Å². The van der Waals surface area contributed by atoms with Crippen LogP contribution in [0.1, 0.15) is 22.3 Å². The summed E-state index contributed by atoms with van der Waals surface area (Å²) in [5.74, 6) is 3.50. The molecule has 0 bridgehead atoms. The molecule has 0 N–H and O–H groups in total. The zero-order chi connectivity index (χ0) is 48.1. The van der Waals surface area contributed by atoms with Gasteiger partial charge in [-0.1, -0.05) is 200 Å². The van der Waals surface area contributed by atoms with E-state index in [1.807, 2.05) is 0 Å². The predicted octanol–water partition coefficient (Wildman–Crippen LogP) is 19.0. The van der Waals surface area contributed by atoms with Crippen molar-refractivity contribution >= 4 is 48.6 Å². The van der Waals surface area contributed by atoms with E-state index in [9.17, 15) is 0 Å². The van der Waals surface area contributed by atoms with Crippen LogP contribution in [-0.4, -0.2) is 0 Å². The van der Waals surface area contributed by atoms with E-state index in [2.05, 4.69) is 278 Å². The van der Waals surface area contributed by atoms with Crippen molar-refractivity contribution in [3.05, 3.63) is 295 Å². The van der Waals surface area contributed by atoms with Crippen molar-refractivity contribution in [2.75, 3.05) is 4.90 Å². The summed E-state index contributed by atoms with van der Waals surface area (Å²) in [6.07, 6.45) is 0. The molecule has 0 saturated heterocycles. The molecule has 0 radical (unpaired) electrons. The Hall–Kier alpha value is -9.09. The average Bonchev–Trinajstić information content (AvgIpc) is 3.77. The van der Waals surface area contributed by atoms with Crippen molar-refractivity contribution in [2.45, 2.75) is 25.0 Å². The fourth-order valence-corrected chi connectivity index (χ4v) is 16.6. The molecule has 3 aliphatic rings. The Morgan fingerprint density at radius 3 is 1.63 bits per heavy atom. The first-order valence-corrected chi connectivity index (χ1v) is 26.6. The summed E-state index contributed by atoms with van der Waals surface area (Å²) >= 11 is 0. The Morgan fingerprint density at radius 1 is 0.329 bits per heavy atom. The number of nitrogens with zero attached hydrogens (tertiary/aromatic N) is 1. The van der Waals surface area contributed by atoms with Crippen molar-refractivity contribution in [3.8, 4) is 45.3 Å². The molecule has 1 aliphatic carbocycles. The molecule has 2 aliphatic heterocycles. The van der Waals surface area contributed by atoms with Gasteiger partial charge in [-0.25, -0.2) is 0 Å². The minimum absolute atomic E-state index is 0.549. The van der Waals surface area contributed by atoms with Gasteiger partial charge < -0.3 is 14.4 Å². The van der Waals surface area contributed by atoms with Gasteiger partial charge in [-0.3, -0.25) is 0 Å². The quantitative estimate of drug-likeness (QED) is 0.166. The maximum Gasteiger partial charge on any atom is 0.141 e. The molecular weight excluding hydrogens is 907 g/mol. The van der Waals surface area contributed by atoms with E-state index in [1.165, 1.54) is 64.2 Å². The fraction of sp³-hybridized carbons (Fsp3) is 0.0145. The molecule has 0 saturated carbocycles. The van der Waals surface area contributed by atoms with Gasteiger partial charge in [0, 0.05) is 36.2 Å². The van der Waals surface area contributed by atoms with Gasteiger partial charge in [0.15, 0.2) is 0 Å². The van der Waals surface area contributed by atoms with E-state index in [1.54, 1.807) is 0 Å². The van der Waals surface area contributed by atoms with Crippen LogP contribution in [0.4, 0.5) is 17.1 Å². The Kier molecular flexibility index (Phi) is 9.26. The van der Waals surface area contributed by atoms with Crippen molar-refractivity contribution in [1.29, 1.82) is 0 Å². The van der Waals surface area contributed by atoms with E-state index in [0.29, 0.717) is 0 Å². The first-order chi connectivity index (χ1) is 36.2. The smallest absolute Gasteiger partial charge is 0.141 e. The minimum atomic E-state index is -2.15. The molecule has 4 heteroatoms. The topological polar surface area (TPSA) is 21.7 Å². The number of rotatable bonds is 6. The molecule has 73 heavy (non-hydrogen) atoms. The number of para-hydroxylation sites is 2. The molecule has 0 aromatic heterocycles. The Bertz CT molecular complexity index is 4090. The van der Waals surface area contributed by atoms with Crippen LogP contribution in [0.2, 0.25) is 0 Å². The third kappa shape index (κ3) is 6.02. The van der Waals surface area contributed by atoms with Crippen molar-refractivity contribution in [3.63, 3.8) is 0 Å². The van der Waals surface area contributed by atoms with Crippen LogP contribution in [0.3, 0.4) is 0 Å². The molecule has 12 aromatic rings. The van der Waals surface area contributed by atoms with Crippen molar-refractivity contribution in [1.82, 2.24) is 0 Å². The van der Waals surface area contributed by atoms with Gasteiger partial charge in [0.25, 0.3) is 0 Å². The lowest BCUT2D eigenvalue weighted by atomic mass is 9.68. The summed E-state index contributed by atoms with van der Waals surface area (Å²) in [6.45, 7) is 0. The number of hydrogen-bond donors (Lipinski definition) is 0. The predicted molar refractivity (Wildman–Crippen MR) is 299 cm³/mol. The van der Waals surface area contributed by atoms with Gasteiger partial charge in [0.05, 0.1) is 16.8 Å². The van der Waals surface area contributed by atoms with Gasteiger partial charge in [-0.05, 0) is 128 Å². The third-order valence-corrected chi connectivity index (χ3v) is 19.3. The second-order valence-corrected chi connectivity index (χ2v) is 22.1. The number of ether oxygens (including phenoxy) is 2. The van der Waals surface area contributed by atoms with Crippen LogP contribution in [0, 0.1) is 0 Å². The molecule has 12 aromatic carbocycles. The molecule has 0 amide bonds. The third-order valence-electron chi connectivity index (χ3n) is 15.4. The largest absolute Gasteiger partial charge is 0.455 e. The molecule has 344 valence electrons. The lowest BCUT2D eigenvalue weighted by Crippen LogP contribution is -2.28. The standard InChI is InChI=1S/C69H45NO2S/c1-3-25-51(26-4-1)69(52-27-5-2-6-28-52)56-32-12-11-31-55(56)68-57(69)33-19-35-59(68)70(58-34-18-23-46-20-9-10-30-54(46)58)53-29-17-24-47(42-53)50-40-41-62-66(45-50)73(67-44-49-22-8-7-21-48(49)43-63(67)72-62)64-38-15-13-36-60(64)71-61-37-14-16-39-65(61)73/h1-45H. The maximum absolute atomic E-state index is 7.08. The van der Waals surface area contributed by atoms with E-state index < -0.39 is 15.4 Å². The normalized spacial score (nSPS) is 14.4. The average molecular weight is 952 g/mol. The summed E-state index contributed by atoms with van der Waals surface area (Å²) in [6, 6.07) is 100.0. The van der Waals surface area contributed by atoms with E-state index in [4.69, 9.17) is 9.47 Å². The minimum Gasteiger partial charge on any atom is -0.455 e. The first kappa shape index (κ1) is 41.7. The summed E-state index contributed by atoms with van der Waals surface area (Å²) in [7, 11) is -2.15. The molecule has 3 nitrogen and oxygen atoms in total. The zero-order valence-corrected chi connectivity index (χ0v) is 40.5. The summed E-state index contributed by atoms with van der Waals surface area (Å²) in [4.78, 5) is 7.18. The second-order valence-electron chi connectivity index (χ2n) is 19.1. The van der Waals surface area contributed by atoms with Crippen LogP contribution in [-0.2, 0) is 5.41 Å². The number of anilines is 3. The highest BCUT2D eigenvalue weighted by Crippen LogP contribution is 2.83. The molecule has 0 fully saturated rings. The SMILES string of the molecule is c1ccc(C2(c3ccccc3)c3ccccc3-c3c(N(c4cccc(-c5ccc6c(c5)S5(c7ccccc7Oc7ccccc75)c5cc7ccccc7cc5O6)c4)c4cccc5ccccc45)cccc32)cc1. The monoisotopic (exact) mass is 951 g/mol. The lowest BCUT2D eigenvalue weighted by molar-refractivity contribution is 0.440. The fourth-order valence-electron chi connectivity index (χ4n) is 12.3. The van der Waals surface area contributed by atoms with Gasteiger partial charge in [0.1, 0.15) is 23.0 Å². The molecular formula is C69H45NO2S. The maximum atomic E-state index is 7.08. The van der Waals surface area contributed by atoms with Crippen LogP contribution in [0.15, 0.2) is 293 Å². The van der Waals surface area contributed by atoms with Gasteiger partial charge in [-0.15, -0.1) is 10.0 Å². The summed E-state index contributed by atoms with van der Waals surface area (Å²) in [5, 5.41) is 4.69. The highest BCUT2D eigenvalue weighted by atomic mass is 32.3. The van der Waals surface area contributed by atoms with E-state index in [0.717, 1.165) is 61.5 Å². The molecule has 1 spiro atoms. The highest BCUT2D eigenvalue weighted by Gasteiger charge is 2.49. The first-order valence-electron chi connectivity index (χ1n) is 25.0. The molecule has 0 atom stereocenters. The summed E-state index contributed by atoms with van der Waals surface area (Å²) < 4.78 is 13.9. The Morgan fingerprint density at radius 2 is 0.863 bits per heavy atom. The van der Waals surface area contributed by atoms with E-state index in [-0.39, 0.29) is 0 Å². The van der Waals surface area contributed by atoms with Gasteiger partial charge >= 0.3 is 0 Å². The van der Waals surface area contributed by atoms with Crippen molar-refractivity contribution in [2.24, 2.45) is 0 Å². The Labute approximate surface area is 426 Å². The number of benzene rings is 12. The highest BCUT2D eigenvalue weighted by molar-refractivity contribution is 8.34. The van der Waals surface area contributed by atoms with E-state index >= 15 is 0 Å². The van der Waals surface area contributed by atoms with Crippen LogP contribution >= 0.6 is 10.0 Å². The molecule has 15 rings (SSSR count). The van der Waals surface area contributed by atoms with Crippen LogP contribution in [0.5, 0.6) is 23.0 Å². The van der Waals surface area contributed by atoms with Gasteiger partial charge in [-0.2, -0.15) is 0 Å². The summed E-state index contributed by atoms with van der Waals surface area (Å²) in [5.41, 5.74) is 12.4. The lowest BCUT2D eigenvalue weighted by Gasteiger charge is -2.48. The van der Waals surface area contributed by atoms with Gasteiger partial charge in [0.2, 0.25) is 0 Å². The Balaban J connectivity index is 0.973. The zero-order valence-electron chi connectivity index (χ0n) is 39.7. The van der Waals surface area contributed by atoms with Crippen molar-refractivity contribution < 1.29 is 9.47 Å². The molecule has 2 heterocycles. The van der Waals surface area contributed by atoms with Crippen LogP contribution < -0.4 is 14.4 Å². The molecule has 0 unspecified atom stereocenters.